The Bertz CT molecular complexity index is 807. The minimum atomic E-state index is -0.637. The van der Waals surface area contributed by atoms with Gasteiger partial charge in [-0.2, -0.15) is 0 Å². The van der Waals surface area contributed by atoms with Crippen LogP contribution in [0.25, 0.3) is 0 Å². The first-order valence-electron chi connectivity index (χ1n) is 9.71. The van der Waals surface area contributed by atoms with Gasteiger partial charge in [0.05, 0.1) is 24.0 Å². The second-order valence-electron chi connectivity index (χ2n) is 8.18. The highest BCUT2D eigenvalue weighted by Gasteiger charge is 2.43. The summed E-state index contributed by atoms with van der Waals surface area (Å²) in [5.41, 5.74) is 0.552. The molecule has 0 atom stereocenters. The number of aliphatic hydroxyl groups is 1. The fraction of sp³-hybridized carbons (Fsp3) is 0.455. The Kier molecular flexibility index (Phi) is 6.20. The van der Waals surface area contributed by atoms with Gasteiger partial charge in [0.2, 0.25) is 11.8 Å². The van der Waals surface area contributed by atoms with Crippen LogP contribution in [0.4, 0.5) is 5.69 Å². The van der Waals surface area contributed by atoms with Gasteiger partial charge in [0.15, 0.2) is 0 Å². The van der Waals surface area contributed by atoms with E-state index in [1.165, 1.54) is 0 Å². The van der Waals surface area contributed by atoms with Crippen LogP contribution in [0.5, 0.6) is 0 Å². The summed E-state index contributed by atoms with van der Waals surface area (Å²) < 4.78 is 0. The molecule has 5 nitrogen and oxygen atoms in total. The highest BCUT2D eigenvalue weighted by molar-refractivity contribution is 7.10. The molecule has 1 aromatic heterocycles. The third-order valence-corrected chi connectivity index (χ3v) is 6.41. The van der Waals surface area contributed by atoms with Crippen molar-refractivity contribution in [1.29, 1.82) is 0 Å². The van der Waals surface area contributed by atoms with Gasteiger partial charge in [-0.3, -0.25) is 9.59 Å². The number of nitrogens with one attached hydrogen (secondary N) is 2. The quantitative estimate of drug-likeness (QED) is 0.664. The van der Waals surface area contributed by atoms with Crippen molar-refractivity contribution in [3.8, 4) is 0 Å². The van der Waals surface area contributed by atoms with Crippen LogP contribution in [0.3, 0.4) is 0 Å². The topological polar surface area (TPSA) is 78.4 Å². The standard InChI is InChI=1S/C22H28N2O3S/c1-21(2,15-25)24-19(26)14-16-7-9-17(10-8-16)23-20(27)22(11-3-4-12-22)18-6-5-13-28-18/h5-10,13,25H,3-4,11-12,14-15H2,1-2H3,(H,23,27)(H,24,26). The van der Waals surface area contributed by atoms with Crippen molar-refractivity contribution in [1.82, 2.24) is 5.32 Å². The van der Waals surface area contributed by atoms with E-state index < -0.39 is 11.0 Å². The molecule has 0 aliphatic heterocycles. The Morgan fingerprint density at radius 2 is 1.82 bits per heavy atom. The minimum absolute atomic E-state index is 0.0580. The zero-order valence-corrected chi connectivity index (χ0v) is 17.3. The van der Waals surface area contributed by atoms with E-state index in [4.69, 9.17) is 0 Å². The largest absolute Gasteiger partial charge is 0.394 e. The molecule has 0 spiro atoms. The molecule has 1 fully saturated rings. The lowest BCUT2D eigenvalue weighted by Gasteiger charge is -2.26. The molecule has 1 aliphatic carbocycles. The average Bonchev–Trinajstić information content (AvgIpc) is 3.35. The highest BCUT2D eigenvalue weighted by Crippen LogP contribution is 2.43. The van der Waals surface area contributed by atoms with Gasteiger partial charge in [0.1, 0.15) is 0 Å². The zero-order chi connectivity index (χ0) is 20.2. The third-order valence-electron chi connectivity index (χ3n) is 5.33. The number of benzene rings is 1. The number of carbonyl (C=O) groups excluding carboxylic acids is 2. The van der Waals surface area contributed by atoms with E-state index in [1.54, 1.807) is 25.2 Å². The summed E-state index contributed by atoms with van der Waals surface area (Å²) in [6, 6.07) is 11.5. The van der Waals surface area contributed by atoms with Gasteiger partial charge < -0.3 is 15.7 Å². The fourth-order valence-corrected chi connectivity index (χ4v) is 4.70. The van der Waals surface area contributed by atoms with Crippen LogP contribution in [-0.2, 0) is 21.4 Å². The number of amides is 2. The van der Waals surface area contributed by atoms with Crippen LogP contribution in [0.15, 0.2) is 41.8 Å². The molecule has 1 saturated carbocycles. The summed E-state index contributed by atoms with van der Waals surface area (Å²) in [4.78, 5) is 26.3. The lowest BCUT2D eigenvalue weighted by Crippen LogP contribution is -2.46. The zero-order valence-electron chi connectivity index (χ0n) is 16.5. The van der Waals surface area contributed by atoms with Crippen LogP contribution in [0, 0.1) is 0 Å². The molecule has 28 heavy (non-hydrogen) atoms. The van der Waals surface area contributed by atoms with Crippen molar-refractivity contribution in [3.63, 3.8) is 0 Å². The Labute approximate surface area is 170 Å². The molecule has 0 unspecified atom stereocenters. The first kappa shape index (κ1) is 20.6. The van der Waals surface area contributed by atoms with E-state index in [-0.39, 0.29) is 24.8 Å². The van der Waals surface area contributed by atoms with Gasteiger partial charge in [-0.15, -0.1) is 11.3 Å². The van der Waals surface area contributed by atoms with Crippen molar-refractivity contribution in [3.05, 3.63) is 52.2 Å². The van der Waals surface area contributed by atoms with Crippen molar-refractivity contribution in [2.24, 2.45) is 0 Å². The van der Waals surface area contributed by atoms with Crippen molar-refractivity contribution >= 4 is 28.8 Å². The van der Waals surface area contributed by atoms with Gasteiger partial charge in [-0.05, 0) is 55.8 Å². The Morgan fingerprint density at radius 3 is 2.39 bits per heavy atom. The van der Waals surface area contributed by atoms with E-state index in [2.05, 4.69) is 16.7 Å². The molecule has 0 saturated heterocycles. The maximum absolute atomic E-state index is 13.1. The molecular weight excluding hydrogens is 372 g/mol. The Morgan fingerprint density at radius 1 is 1.14 bits per heavy atom. The number of anilines is 1. The van der Waals surface area contributed by atoms with Crippen LogP contribution in [-0.4, -0.2) is 29.1 Å². The molecule has 1 aliphatic rings. The number of aliphatic hydroxyl groups excluding tert-OH is 1. The Hall–Kier alpha value is -2.18. The van der Waals surface area contributed by atoms with Crippen LogP contribution >= 0.6 is 11.3 Å². The van der Waals surface area contributed by atoms with Gasteiger partial charge in [0, 0.05) is 10.6 Å². The maximum atomic E-state index is 13.1. The summed E-state index contributed by atoms with van der Waals surface area (Å²) in [7, 11) is 0. The molecule has 0 radical (unpaired) electrons. The van der Waals surface area contributed by atoms with Crippen LogP contribution in [0.1, 0.15) is 50.0 Å². The number of rotatable bonds is 7. The molecular formula is C22H28N2O3S. The predicted molar refractivity (Wildman–Crippen MR) is 113 cm³/mol. The van der Waals surface area contributed by atoms with Crippen LogP contribution in [0.2, 0.25) is 0 Å². The molecule has 3 rings (SSSR count). The molecule has 1 aromatic carbocycles. The van der Waals surface area contributed by atoms with Crippen molar-refractivity contribution in [2.45, 2.75) is 56.9 Å². The molecule has 2 aromatic rings. The lowest BCUT2D eigenvalue weighted by atomic mass is 9.83. The predicted octanol–water partition coefficient (Wildman–Crippen LogP) is 3.63. The molecule has 1 heterocycles. The first-order chi connectivity index (χ1) is 13.3. The fourth-order valence-electron chi connectivity index (χ4n) is 3.72. The summed E-state index contributed by atoms with van der Waals surface area (Å²) in [6.07, 6.45) is 4.15. The molecule has 2 amide bonds. The summed E-state index contributed by atoms with van der Waals surface area (Å²) in [5.74, 6) is -0.0823. The first-order valence-corrected chi connectivity index (χ1v) is 10.6. The SMILES string of the molecule is CC(C)(CO)NC(=O)Cc1ccc(NC(=O)C2(c3cccs3)CCCC2)cc1. The van der Waals surface area contributed by atoms with Crippen molar-refractivity contribution in [2.75, 3.05) is 11.9 Å². The third kappa shape index (κ3) is 4.62. The smallest absolute Gasteiger partial charge is 0.235 e. The monoisotopic (exact) mass is 400 g/mol. The molecule has 6 heteroatoms. The van der Waals surface area contributed by atoms with E-state index >= 15 is 0 Å². The lowest BCUT2D eigenvalue weighted by molar-refractivity contribution is -0.122. The number of hydrogen-bond acceptors (Lipinski definition) is 4. The highest BCUT2D eigenvalue weighted by atomic mass is 32.1. The van der Waals surface area contributed by atoms with Gasteiger partial charge >= 0.3 is 0 Å². The van der Waals surface area contributed by atoms with Crippen molar-refractivity contribution < 1.29 is 14.7 Å². The Balaban J connectivity index is 1.64. The normalized spacial score (nSPS) is 16.0. The maximum Gasteiger partial charge on any atom is 0.235 e. The number of thiophene rings is 1. The molecule has 150 valence electrons. The summed E-state index contributed by atoms with van der Waals surface area (Å²) in [5, 5.41) is 17.2. The number of hydrogen-bond donors (Lipinski definition) is 3. The second-order valence-corrected chi connectivity index (χ2v) is 9.13. The van der Waals surface area contributed by atoms with Gasteiger partial charge in [0.25, 0.3) is 0 Å². The number of carbonyl (C=O) groups is 2. The summed E-state index contributed by atoms with van der Waals surface area (Å²) >= 11 is 1.65. The minimum Gasteiger partial charge on any atom is -0.394 e. The van der Waals surface area contributed by atoms with Crippen LogP contribution < -0.4 is 10.6 Å². The average molecular weight is 401 g/mol. The summed E-state index contributed by atoms with van der Waals surface area (Å²) in [6.45, 7) is 3.43. The second kappa shape index (κ2) is 8.45. The van der Waals surface area contributed by atoms with E-state index in [0.717, 1.165) is 41.8 Å². The van der Waals surface area contributed by atoms with E-state index in [9.17, 15) is 14.7 Å². The van der Waals surface area contributed by atoms with Gasteiger partial charge in [-0.1, -0.05) is 31.0 Å². The molecule has 3 N–H and O–H groups in total. The van der Waals surface area contributed by atoms with E-state index in [0.29, 0.717) is 0 Å². The molecule has 0 bridgehead atoms. The van der Waals surface area contributed by atoms with E-state index in [1.807, 2.05) is 35.7 Å². The van der Waals surface area contributed by atoms with Gasteiger partial charge in [-0.25, -0.2) is 0 Å².